The molecule has 0 bridgehead atoms. The number of pyridine rings is 1. The Labute approximate surface area is 78.3 Å². The van der Waals surface area contributed by atoms with Crippen LogP contribution in [-0.4, -0.2) is 10.8 Å². The second kappa shape index (κ2) is 3.99. The van der Waals surface area contributed by atoms with Crippen molar-refractivity contribution in [2.45, 2.75) is 20.3 Å². The summed E-state index contributed by atoms with van der Waals surface area (Å²) in [6, 6.07) is 3.71. The average Bonchev–Trinajstić information content (AvgIpc) is 2.03. The molecule has 0 aliphatic carbocycles. The van der Waals surface area contributed by atoms with Gasteiger partial charge in [0.15, 0.2) is 5.78 Å². The first-order valence-electron chi connectivity index (χ1n) is 4.20. The predicted molar refractivity (Wildman–Crippen MR) is 52.7 cm³/mol. The molecule has 1 aromatic rings. The summed E-state index contributed by atoms with van der Waals surface area (Å²) in [6.07, 6.45) is 2.02. The molecule has 2 nitrogen and oxygen atoms in total. The Hall–Kier alpha value is -1.44. The van der Waals surface area contributed by atoms with Crippen LogP contribution in [0.5, 0.6) is 0 Å². The fourth-order valence-corrected chi connectivity index (χ4v) is 1.14. The quantitative estimate of drug-likeness (QED) is 0.522. The van der Waals surface area contributed by atoms with Gasteiger partial charge in [-0.2, -0.15) is 0 Å². The molecule has 0 aliphatic rings. The third-order valence-electron chi connectivity index (χ3n) is 1.74. The molecule has 0 fully saturated rings. The monoisotopic (exact) mass is 175 g/mol. The van der Waals surface area contributed by atoms with Gasteiger partial charge in [-0.3, -0.25) is 9.78 Å². The van der Waals surface area contributed by atoms with Crippen molar-refractivity contribution in [1.29, 1.82) is 0 Å². The maximum atomic E-state index is 11.6. The molecule has 0 saturated heterocycles. The molecule has 0 radical (unpaired) electrons. The van der Waals surface area contributed by atoms with E-state index < -0.39 is 0 Å². The topological polar surface area (TPSA) is 30.0 Å². The number of carbonyl (C=O) groups excluding carboxylic acids is 1. The molecular weight excluding hydrogens is 162 g/mol. The van der Waals surface area contributed by atoms with Crippen LogP contribution >= 0.6 is 0 Å². The van der Waals surface area contributed by atoms with Crippen LogP contribution in [0.25, 0.3) is 0 Å². The third-order valence-corrected chi connectivity index (χ3v) is 1.74. The van der Waals surface area contributed by atoms with Gasteiger partial charge in [-0.25, -0.2) is 0 Å². The van der Waals surface area contributed by atoms with Gasteiger partial charge >= 0.3 is 0 Å². The number of rotatable bonds is 3. The molecular formula is C11H13NO. The van der Waals surface area contributed by atoms with Crippen LogP contribution in [0.2, 0.25) is 0 Å². The minimum absolute atomic E-state index is 0.0469. The Kier molecular flexibility index (Phi) is 2.96. The van der Waals surface area contributed by atoms with E-state index in [0.29, 0.717) is 12.1 Å². The SMILES string of the molecule is C=C(C)CC(=O)c1ncccc1C. The molecule has 0 spiro atoms. The van der Waals surface area contributed by atoms with Gasteiger partial charge in [-0.05, 0) is 25.5 Å². The summed E-state index contributed by atoms with van der Waals surface area (Å²) in [4.78, 5) is 15.6. The van der Waals surface area contributed by atoms with Crippen molar-refractivity contribution in [2.75, 3.05) is 0 Å². The summed E-state index contributed by atoms with van der Waals surface area (Å²) < 4.78 is 0. The number of carbonyl (C=O) groups is 1. The number of Topliss-reactive ketones (excluding diaryl/α,β-unsaturated/α-hetero) is 1. The Morgan fingerprint density at radius 1 is 1.62 bits per heavy atom. The number of allylic oxidation sites excluding steroid dienone is 1. The summed E-state index contributed by atoms with van der Waals surface area (Å²) in [5.74, 6) is 0.0469. The minimum Gasteiger partial charge on any atom is -0.292 e. The third kappa shape index (κ3) is 2.51. The highest BCUT2D eigenvalue weighted by molar-refractivity contribution is 5.96. The molecule has 0 atom stereocenters. The van der Waals surface area contributed by atoms with Crippen molar-refractivity contribution in [3.05, 3.63) is 41.7 Å². The van der Waals surface area contributed by atoms with E-state index in [1.165, 1.54) is 0 Å². The maximum Gasteiger partial charge on any atom is 0.185 e. The van der Waals surface area contributed by atoms with Crippen molar-refractivity contribution in [1.82, 2.24) is 4.98 Å². The largest absolute Gasteiger partial charge is 0.292 e. The van der Waals surface area contributed by atoms with Crippen molar-refractivity contribution < 1.29 is 4.79 Å². The molecule has 13 heavy (non-hydrogen) atoms. The van der Waals surface area contributed by atoms with Gasteiger partial charge < -0.3 is 0 Å². The Balaban J connectivity index is 2.89. The van der Waals surface area contributed by atoms with Gasteiger partial charge in [0.05, 0.1) is 0 Å². The van der Waals surface area contributed by atoms with Crippen LogP contribution in [0, 0.1) is 6.92 Å². The van der Waals surface area contributed by atoms with Gasteiger partial charge in [0.1, 0.15) is 5.69 Å². The highest BCUT2D eigenvalue weighted by atomic mass is 16.1. The summed E-state index contributed by atoms with van der Waals surface area (Å²) in [5, 5.41) is 0. The molecule has 68 valence electrons. The number of hydrogen-bond donors (Lipinski definition) is 0. The maximum absolute atomic E-state index is 11.6. The zero-order valence-corrected chi connectivity index (χ0v) is 8.00. The summed E-state index contributed by atoms with van der Waals surface area (Å²) in [7, 11) is 0. The van der Waals surface area contributed by atoms with E-state index in [0.717, 1.165) is 11.1 Å². The average molecular weight is 175 g/mol. The first-order valence-corrected chi connectivity index (χ1v) is 4.20. The van der Waals surface area contributed by atoms with Crippen molar-refractivity contribution in [3.63, 3.8) is 0 Å². The molecule has 0 unspecified atom stereocenters. The van der Waals surface area contributed by atoms with E-state index in [2.05, 4.69) is 11.6 Å². The standard InChI is InChI=1S/C11H13NO/c1-8(2)7-10(13)11-9(3)5-4-6-12-11/h4-6H,1,7H2,2-3H3. The fourth-order valence-electron chi connectivity index (χ4n) is 1.14. The first kappa shape index (κ1) is 9.65. The first-order chi connectivity index (χ1) is 6.11. The van der Waals surface area contributed by atoms with Gasteiger partial charge in [0.2, 0.25) is 0 Å². The van der Waals surface area contributed by atoms with E-state index in [1.807, 2.05) is 26.0 Å². The van der Waals surface area contributed by atoms with Crippen LogP contribution in [0.3, 0.4) is 0 Å². The lowest BCUT2D eigenvalue weighted by Crippen LogP contribution is -2.04. The van der Waals surface area contributed by atoms with E-state index >= 15 is 0 Å². The van der Waals surface area contributed by atoms with Crippen LogP contribution in [0.15, 0.2) is 30.5 Å². The molecule has 0 amide bonds. The molecule has 1 heterocycles. The van der Waals surface area contributed by atoms with Crippen LogP contribution in [-0.2, 0) is 0 Å². The van der Waals surface area contributed by atoms with Crippen molar-refractivity contribution >= 4 is 5.78 Å². The second-order valence-electron chi connectivity index (χ2n) is 3.23. The molecule has 0 aromatic carbocycles. The summed E-state index contributed by atoms with van der Waals surface area (Å²) in [5.41, 5.74) is 2.36. The number of aromatic nitrogens is 1. The molecule has 2 heteroatoms. The fraction of sp³-hybridized carbons (Fsp3) is 0.273. The molecule has 0 aliphatic heterocycles. The molecule has 1 aromatic heterocycles. The van der Waals surface area contributed by atoms with Gasteiger partial charge in [-0.1, -0.05) is 18.2 Å². The number of hydrogen-bond acceptors (Lipinski definition) is 2. The smallest absolute Gasteiger partial charge is 0.185 e. The number of ketones is 1. The molecule has 1 rings (SSSR count). The lowest BCUT2D eigenvalue weighted by atomic mass is 10.1. The van der Waals surface area contributed by atoms with Gasteiger partial charge in [0, 0.05) is 12.6 Å². The lowest BCUT2D eigenvalue weighted by molar-refractivity contribution is 0.0988. The number of aryl methyl sites for hydroxylation is 1. The number of nitrogens with zero attached hydrogens (tertiary/aromatic N) is 1. The Morgan fingerprint density at radius 3 is 2.85 bits per heavy atom. The molecule has 0 N–H and O–H groups in total. The normalized spacial score (nSPS) is 9.69. The highest BCUT2D eigenvalue weighted by Crippen LogP contribution is 2.09. The van der Waals surface area contributed by atoms with Gasteiger partial charge in [-0.15, -0.1) is 0 Å². The Bertz CT molecular complexity index is 342. The van der Waals surface area contributed by atoms with E-state index in [9.17, 15) is 4.79 Å². The highest BCUT2D eigenvalue weighted by Gasteiger charge is 2.09. The van der Waals surface area contributed by atoms with E-state index in [4.69, 9.17) is 0 Å². The van der Waals surface area contributed by atoms with E-state index in [-0.39, 0.29) is 5.78 Å². The Morgan fingerprint density at radius 2 is 2.31 bits per heavy atom. The zero-order valence-electron chi connectivity index (χ0n) is 8.00. The van der Waals surface area contributed by atoms with Crippen molar-refractivity contribution in [2.24, 2.45) is 0 Å². The zero-order chi connectivity index (χ0) is 9.84. The predicted octanol–water partition coefficient (Wildman–Crippen LogP) is 2.54. The lowest BCUT2D eigenvalue weighted by Gasteiger charge is -2.02. The van der Waals surface area contributed by atoms with E-state index in [1.54, 1.807) is 6.20 Å². The van der Waals surface area contributed by atoms with Gasteiger partial charge in [0.25, 0.3) is 0 Å². The summed E-state index contributed by atoms with van der Waals surface area (Å²) in [6.45, 7) is 7.43. The van der Waals surface area contributed by atoms with Crippen LogP contribution in [0.1, 0.15) is 29.4 Å². The minimum atomic E-state index is 0.0469. The van der Waals surface area contributed by atoms with Crippen molar-refractivity contribution in [3.8, 4) is 0 Å². The van der Waals surface area contributed by atoms with Crippen LogP contribution in [0.4, 0.5) is 0 Å². The second-order valence-corrected chi connectivity index (χ2v) is 3.23. The molecule has 0 saturated carbocycles. The van der Waals surface area contributed by atoms with Crippen LogP contribution < -0.4 is 0 Å². The summed E-state index contributed by atoms with van der Waals surface area (Å²) >= 11 is 0.